The highest BCUT2D eigenvalue weighted by molar-refractivity contribution is 9.10. The summed E-state index contributed by atoms with van der Waals surface area (Å²) >= 11 is 4.80. The molecule has 0 saturated heterocycles. The Morgan fingerprint density at radius 2 is 1.93 bits per heavy atom. The number of carbonyl (C=O) groups excluding carboxylic acids is 1. The SMILES string of the molecule is O=Cc1scc(Br)c1-c1ccc(O)cc1. The number of hydrogen-bond donors (Lipinski definition) is 1. The van der Waals surface area contributed by atoms with Crippen LogP contribution in [0, 0.1) is 0 Å². The zero-order chi connectivity index (χ0) is 10.8. The highest BCUT2D eigenvalue weighted by Gasteiger charge is 2.11. The Morgan fingerprint density at radius 3 is 2.53 bits per heavy atom. The van der Waals surface area contributed by atoms with Crippen molar-refractivity contribution in [3.63, 3.8) is 0 Å². The van der Waals surface area contributed by atoms with Crippen molar-refractivity contribution >= 4 is 33.6 Å². The second kappa shape index (κ2) is 4.16. The normalized spacial score (nSPS) is 10.2. The third-order valence-corrected chi connectivity index (χ3v) is 3.87. The molecule has 1 aromatic carbocycles. The van der Waals surface area contributed by atoms with E-state index >= 15 is 0 Å². The van der Waals surface area contributed by atoms with E-state index in [1.165, 1.54) is 11.3 Å². The predicted molar refractivity (Wildman–Crippen MR) is 64.5 cm³/mol. The number of aromatic hydroxyl groups is 1. The summed E-state index contributed by atoms with van der Waals surface area (Å²) in [6.07, 6.45) is 0.845. The number of halogens is 1. The number of hydrogen-bond acceptors (Lipinski definition) is 3. The Labute approximate surface area is 99.3 Å². The lowest BCUT2D eigenvalue weighted by Gasteiger charge is -2.01. The van der Waals surface area contributed by atoms with Gasteiger partial charge in [0.1, 0.15) is 5.75 Å². The van der Waals surface area contributed by atoms with Gasteiger partial charge in [0.25, 0.3) is 0 Å². The van der Waals surface area contributed by atoms with E-state index in [0.717, 1.165) is 21.9 Å². The first-order chi connectivity index (χ1) is 7.22. The van der Waals surface area contributed by atoms with E-state index in [-0.39, 0.29) is 5.75 Å². The van der Waals surface area contributed by atoms with Crippen molar-refractivity contribution in [3.8, 4) is 16.9 Å². The highest BCUT2D eigenvalue weighted by atomic mass is 79.9. The van der Waals surface area contributed by atoms with E-state index in [0.29, 0.717) is 4.88 Å². The molecule has 0 fully saturated rings. The lowest BCUT2D eigenvalue weighted by Crippen LogP contribution is -1.81. The summed E-state index contributed by atoms with van der Waals surface area (Å²) in [6, 6.07) is 6.78. The van der Waals surface area contributed by atoms with E-state index < -0.39 is 0 Å². The molecule has 0 amide bonds. The fraction of sp³-hybridized carbons (Fsp3) is 0. The fourth-order valence-electron chi connectivity index (χ4n) is 1.35. The van der Waals surface area contributed by atoms with Crippen molar-refractivity contribution < 1.29 is 9.90 Å². The first-order valence-electron chi connectivity index (χ1n) is 4.24. The Kier molecular flexibility index (Phi) is 2.88. The second-order valence-corrected chi connectivity index (χ2v) is 4.75. The summed E-state index contributed by atoms with van der Waals surface area (Å²) in [6.45, 7) is 0. The molecule has 0 radical (unpaired) electrons. The van der Waals surface area contributed by atoms with Crippen LogP contribution in [0.25, 0.3) is 11.1 Å². The molecular weight excluding hydrogens is 276 g/mol. The summed E-state index contributed by atoms with van der Waals surface area (Å²) in [4.78, 5) is 11.5. The monoisotopic (exact) mass is 282 g/mol. The summed E-state index contributed by atoms with van der Waals surface area (Å²) in [5, 5.41) is 11.1. The van der Waals surface area contributed by atoms with Crippen molar-refractivity contribution in [2.24, 2.45) is 0 Å². The number of thiophene rings is 1. The summed E-state index contributed by atoms with van der Waals surface area (Å²) < 4.78 is 0.903. The molecule has 0 unspecified atom stereocenters. The van der Waals surface area contributed by atoms with E-state index in [1.807, 2.05) is 5.38 Å². The van der Waals surface area contributed by atoms with E-state index in [4.69, 9.17) is 0 Å². The van der Waals surface area contributed by atoms with Gasteiger partial charge >= 0.3 is 0 Å². The van der Waals surface area contributed by atoms with Crippen LogP contribution in [0.4, 0.5) is 0 Å². The number of aldehydes is 1. The average molecular weight is 283 g/mol. The Balaban J connectivity index is 2.57. The van der Waals surface area contributed by atoms with Gasteiger partial charge in [0.05, 0.1) is 4.88 Å². The fourth-order valence-corrected chi connectivity index (χ4v) is 2.95. The molecule has 0 aliphatic rings. The quantitative estimate of drug-likeness (QED) is 0.853. The summed E-state index contributed by atoms with van der Waals surface area (Å²) in [7, 11) is 0. The van der Waals surface area contributed by atoms with E-state index in [9.17, 15) is 9.90 Å². The number of carbonyl (C=O) groups is 1. The van der Waals surface area contributed by atoms with Crippen LogP contribution in [0.15, 0.2) is 34.1 Å². The van der Waals surface area contributed by atoms with Crippen LogP contribution < -0.4 is 0 Å². The standard InChI is InChI=1S/C11H7BrO2S/c12-9-6-15-10(5-13)11(9)7-1-3-8(14)4-2-7/h1-6,14H. The maximum atomic E-state index is 10.8. The van der Waals surface area contributed by atoms with Gasteiger partial charge in [0.15, 0.2) is 6.29 Å². The van der Waals surface area contributed by atoms with Gasteiger partial charge in [-0.3, -0.25) is 4.79 Å². The van der Waals surface area contributed by atoms with Crippen LogP contribution in [0.2, 0.25) is 0 Å². The van der Waals surface area contributed by atoms with Crippen LogP contribution in [0.1, 0.15) is 9.67 Å². The summed E-state index contributed by atoms with van der Waals surface area (Å²) in [5.74, 6) is 0.220. The second-order valence-electron chi connectivity index (χ2n) is 2.99. The molecule has 15 heavy (non-hydrogen) atoms. The maximum absolute atomic E-state index is 10.8. The molecular formula is C11H7BrO2S. The molecule has 0 atom stereocenters. The average Bonchev–Trinajstić information content (AvgIpc) is 2.61. The topological polar surface area (TPSA) is 37.3 Å². The molecule has 1 heterocycles. The molecule has 2 rings (SSSR count). The molecule has 1 aromatic heterocycles. The van der Waals surface area contributed by atoms with Crippen molar-refractivity contribution in [2.45, 2.75) is 0 Å². The predicted octanol–water partition coefficient (Wildman–Crippen LogP) is 3.70. The Hall–Kier alpha value is -1.13. The van der Waals surface area contributed by atoms with Gasteiger partial charge in [-0.1, -0.05) is 12.1 Å². The zero-order valence-corrected chi connectivity index (χ0v) is 10.0. The minimum atomic E-state index is 0.220. The lowest BCUT2D eigenvalue weighted by molar-refractivity contribution is 0.112. The minimum Gasteiger partial charge on any atom is -0.508 e. The molecule has 0 aliphatic carbocycles. The van der Waals surface area contributed by atoms with Gasteiger partial charge in [-0.15, -0.1) is 11.3 Å². The number of rotatable bonds is 2. The van der Waals surface area contributed by atoms with E-state index in [2.05, 4.69) is 15.9 Å². The van der Waals surface area contributed by atoms with Crippen LogP contribution in [0.5, 0.6) is 5.75 Å². The minimum absolute atomic E-state index is 0.220. The Morgan fingerprint density at radius 1 is 1.27 bits per heavy atom. The van der Waals surface area contributed by atoms with Gasteiger partial charge in [0.2, 0.25) is 0 Å². The van der Waals surface area contributed by atoms with Gasteiger partial charge in [-0.05, 0) is 33.6 Å². The third kappa shape index (κ3) is 1.96. The van der Waals surface area contributed by atoms with Crippen molar-refractivity contribution in [3.05, 3.63) is 39.0 Å². The van der Waals surface area contributed by atoms with Crippen LogP contribution >= 0.6 is 27.3 Å². The molecule has 0 spiro atoms. The van der Waals surface area contributed by atoms with Crippen LogP contribution in [0.3, 0.4) is 0 Å². The largest absolute Gasteiger partial charge is 0.508 e. The molecule has 76 valence electrons. The van der Waals surface area contributed by atoms with Gasteiger partial charge < -0.3 is 5.11 Å². The van der Waals surface area contributed by atoms with Gasteiger partial charge in [-0.2, -0.15) is 0 Å². The van der Waals surface area contributed by atoms with Gasteiger partial charge in [0, 0.05) is 15.4 Å². The molecule has 4 heteroatoms. The zero-order valence-electron chi connectivity index (χ0n) is 7.61. The first kappa shape index (κ1) is 10.4. The Bertz CT molecular complexity index is 488. The highest BCUT2D eigenvalue weighted by Crippen LogP contribution is 2.35. The number of benzene rings is 1. The summed E-state index contributed by atoms with van der Waals surface area (Å²) in [5.41, 5.74) is 1.80. The number of phenolic OH excluding ortho intramolecular Hbond substituents is 1. The lowest BCUT2D eigenvalue weighted by atomic mass is 10.1. The number of phenols is 1. The molecule has 0 saturated carbocycles. The molecule has 1 N–H and O–H groups in total. The van der Waals surface area contributed by atoms with Crippen LogP contribution in [-0.2, 0) is 0 Å². The molecule has 0 bridgehead atoms. The smallest absolute Gasteiger partial charge is 0.160 e. The molecule has 0 aliphatic heterocycles. The first-order valence-corrected chi connectivity index (χ1v) is 5.91. The van der Waals surface area contributed by atoms with E-state index in [1.54, 1.807) is 24.3 Å². The molecule has 2 nitrogen and oxygen atoms in total. The van der Waals surface area contributed by atoms with Crippen molar-refractivity contribution in [1.82, 2.24) is 0 Å². The van der Waals surface area contributed by atoms with Crippen molar-refractivity contribution in [1.29, 1.82) is 0 Å². The maximum Gasteiger partial charge on any atom is 0.160 e. The van der Waals surface area contributed by atoms with Gasteiger partial charge in [-0.25, -0.2) is 0 Å². The van der Waals surface area contributed by atoms with Crippen molar-refractivity contribution in [2.75, 3.05) is 0 Å². The van der Waals surface area contributed by atoms with Crippen LogP contribution in [-0.4, -0.2) is 11.4 Å². The molecule has 2 aromatic rings. The third-order valence-electron chi connectivity index (χ3n) is 2.04.